The fraction of sp³-hybridized carbons (Fsp3) is 0.857. The Labute approximate surface area is 121 Å². The number of nitrogens with one attached hydrogen (secondary N) is 1. The highest BCUT2D eigenvalue weighted by molar-refractivity contribution is 5.03. The molecule has 1 aromatic rings. The third kappa shape index (κ3) is 3.56. The van der Waals surface area contributed by atoms with Gasteiger partial charge in [0, 0.05) is 26.3 Å². The molecular formula is C14H27N5O. The van der Waals surface area contributed by atoms with Gasteiger partial charge in [0.2, 0.25) is 0 Å². The second-order valence-corrected chi connectivity index (χ2v) is 5.72. The van der Waals surface area contributed by atoms with Crippen molar-refractivity contribution in [3.8, 4) is 0 Å². The standard InChI is InChI=1S/C14H27N5O/c1-3-20-14(8-6-4-5-7-9-14)13(16-15)10-12-11-19(2)18-17-12/h11,13,16H,3-10,15H2,1-2H3. The summed E-state index contributed by atoms with van der Waals surface area (Å²) in [5.74, 6) is 5.84. The fourth-order valence-electron chi connectivity index (χ4n) is 3.30. The molecule has 1 unspecified atom stereocenters. The van der Waals surface area contributed by atoms with Crippen LogP contribution >= 0.6 is 0 Å². The lowest BCUT2D eigenvalue weighted by atomic mass is 9.84. The van der Waals surface area contributed by atoms with E-state index in [1.165, 1.54) is 25.7 Å². The van der Waals surface area contributed by atoms with E-state index in [1.807, 2.05) is 13.2 Å². The molecule has 6 heteroatoms. The quantitative estimate of drug-likeness (QED) is 0.467. The zero-order valence-electron chi connectivity index (χ0n) is 12.6. The van der Waals surface area contributed by atoms with Crippen LogP contribution in [0.1, 0.15) is 51.1 Å². The molecule has 1 aromatic heterocycles. The lowest BCUT2D eigenvalue weighted by Gasteiger charge is -2.39. The van der Waals surface area contributed by atoms with Crippen molar-refractivity contribution in [1.29, 1.82) is 0 Å². The van der Waals surface area contributed by atoms with E-state index < -0.39 is 0 Å². The van der Waals surface area contributed by atoms with Gasteiger partial charge in [-0.25, -0.2) is 0 Å². The van der Waals surface area contributed by atoms with Gasteiger partial charge < -0.3 is 4.74 Å². The van der Waals surface area contributed by atoms with Crippen LogP contribution in [0, 0.1) is 0 Å². The molecule has 2 rings (SSSR count). The summed E-state index contributed by atoms with van der Waals surface area (Å²) in [5, 5.41) is 8.17. The normalized spacial score (nSPS) is 20.6. The Balaban J connectivity index is 2.15. The number of nitrogens with two attached hydrogens (primary N) is 1. The number of nitrogens with zero attached hydrogens (tertiary/aromatic N) is 3. The van der Waals surface area contributed by atoms with Crippen molar-refractivity contribution >= 4 is 0 Å². The molecule has 1 atom stereocenters. The maximum atomic E-state index is 6.18. The first-order valence-corrected chi connectivity index (χ1v) is 7.65. The van der Waals surface area contributed by atoms with Crippen molar-refractivity contribution in [2.45, 2.75) is 63.5 Å². The van der Waals surface area contributed by atoms with E-state index in [4.69, 9.17) is 10.6 Å². The summed E-state index contributed by atoms with van der Waals surface area (Å²) in [6.07, 6.45) is 9.82. The Kier molecular flexibility index (Phi) is 5.51. The van der Waals surface area contributed by atoms with Crippen molar-refractivity contribution in [1.82, 2.24) is 20.4 Å². The summed E-state index contributed by atoms with van der Waals surface area (Å²) >= 11 is 0. The first-order chi connectivity index (χ1) is 9.70. The number of rotatable bonds is 6. The molecule has 114 valence electrons. The molecule has 1 aliphatic rings. The van der Waals surface area contributed by atoms with Crippen LogP contribution in [0.5, 0.6) is 0 Å². The smallest absolute Gasteiger partial charge is 0.0851 e. The van der Waals surface area contributed by atoms with Gasteiger partial charge in [-0.15, -0.1) is 5.10 Å². The number of aromatic nitrogens is 3. The molecule has 0 amide bonds. The van der Waals surface area contributed by atoms with Gasteiger partial charge in [-0.2, -0.15) is 0 Å². The van der Waals surface area contributed by atoms with Crippen molar-refractivity contribution in [2.24, 2.45) is 12.9 Å². The third-order valence-corrected chi connectivity index (χ3v) is 4.28. The maximum Gasteiger partial charge on any atom is 0.0851 e. The SMILES string of the molecule is CCOC1(C(Cc2cn(C)nn2)NN)CCCCCC1. The number of hydrogen-bond acceptors (Lipinski definition) is 5. The van der Waals surface area contributed by atoms with Crippen LogP contribution < -0.4 is 11.3 Å². The number of aryl methyl sites for hydroxylation is 1. The highest BCUT2D eigenvalue weighted by Crippen LogP contribution is 2.34. The summed E-state index contributed by atoms with van der Waals surface area (Å²) < 4.78 is 7.91. The van der Waals surface area contributed by atoms with Gasteiger partial charge in [-0.1, -0.05) is 30.9 Å². The highest BCUT2D eigenvalue weighted by Gasteiger charge is 2.39. The van der Waals surface area contributed by atoms with Crippen LogP contribution in [0.3, 0.4) is 0 Å². The van der Waals surface area contributed by atoms with Crippen LogP contribution in [0.15, 0.2) is 6.20 Å². The summed E-state index contributed by atoms with van der Waals surface area (Å²) in [6.45, 7) is 2.78. The first-order valence-electron chi connectivity index (χ1n) is 7.65. The molecule has 0 saturated heterocycles. The minimum Gasteiger partial charge on any atom is -0.374 e. The van der Waals surface area contributed by atoms with E-state index in [0.29, 0.717) is 0 Å². The van der Waals surface area contributed by atoms with Crippen molar-refractivity contribution in [3.63, 3.8) is 0 Å². The molecule has 3 N–H and O–H groups in total. The van der Waals surface area contributed by atoms with Crippen LogP contribution in [0.25, 0.3) is 0 Å². The highest BCUT2D eigenvalue weighted by atomic mass is 16.5. The fourth-order valence-corrected chi connectivity index (χ4v) is 3.30. The van der Waals surface area contributed by atoms with Gasteiger partial charge in [0.15, 0.2) is 0 Å². The van der Waals surface area contributed by atoms with Crippen molar-refractivity contribution < 1.29 is 4.74 Å². The largest absolute Gasteiger partial charge is 0.374 e. The zero-order chi connectivity index (χ0) is 14.4. The molecule has 0 spiro atoms. The van der Waals surface area contributed by atoms with E-state index in [1.54, 1.807) is 4.68 Å². The maximum absolute atomic E-state index is 6.18. The lowest BCUT2D eigenvalue weighted by molar-refractivity contribution is -0.0770. The summed E-state index contributed by atoms with van der Waals surface area (Å²) in [4.78, 5) is 0. The summed E-state index contributed by atoms with van der Waals surface area (Å²) in [5.41, 5.74) is 3.77. The second kappa shape index (κ2) is 7.15. The molecule has 0 radical (unpaired) electrons. The third-order valence-electron chi connectivity index (χ3n) is 4.28. The average molecular weight is 281 g/mol. The first kappa shape index (κ1) is 15.4. The topological polar surface area (TPSA) is 78.0 Å². The number of hydrogen-bond donors (Lipinski definition) is 2. The molecule has 20 heavy (non-hydrogen) atoms. The van der Waals surface area contributed by atoms with E-state index in [-0.39, 0.29) is 11.6 Å². The van der Waals surface area contributed by atoms with Gasteiger partial charge >= 0.3 is 0 Å². The summed E-state index contributed by atoms with van der Waals surface area (Å²) in [6, 6.07) is 0.0808. The van der Waals surface area contributed by atoms with Crippen LogP contribution in [-0.2, 0) is 18.2 Å². The Morgan fingerprint density at radius 2 is 2.10 bits per heavy atom. The molecule has 1 aliphatic carbocycles. The Hall–Kier alpha value is -0.980. The minimum absolute atomic E-state index is 0.0808. The molecule has 0 bridgehead atoms. The predicted molar refractivity (Wildman–Crippen MR) is 77.9 cm³/mol. The van der Waals surface area contributed by atoms with Gasteiger partial charge in [0.1, 0.15) is 0 Å². The van der Waals surface area contributed by atoms with Crippen molar-refractivity contribution in [3.05, 3.63) is 11.9 Å². The van der Waals surface area contributed by atoms with E-state index in [0.717, 1.165) is 31.6 Å². The molecule has 0 aliphatic heterocycles. The number of ether oxygens (including phenoxy) is 1. The van der Waals surface area contributed by atoms with Gasteiger partial charge in [0.25, 0.3) is 0 Å². The van der Waals surface area contributed by atoms with Crippen LogP contribution in [0.2, 0.25) is 0 Å². The molecule has 1 heterocycles. The second-order valence-electron chi connectivity index (χ2n) is 5.72. The Bertz CT molecular complexity index is 398. The zero-order valence-corrected chi connectivity index (χ0v) is 12.6. The molecule has 1 saturated carbocycles. The van der Waals surface area contributed by atoms with E-state index >= 15 is 0 Å². The molecule has 6 nitrogen and oxygen atoms in total. The monoisotopic (exact) mass is 281 g/mol. The number of hydrazine groups is 1. The van der Waals surface area contributed by atoms with Crippen LogP contribution in [0.4, 0.5) is 0 Å². The Morgan fingerprint density at radius 3 is 2.60 bits per heavy atom. The molecule has 1 fully saturated rings. The van der Waals surface area contributed by atoms with E-state index in [2.05, 4.69) is 22.7 Å². The Morgan fingerprint density at radius 1 is 1.40 bits per heavy atom. The van der Waals surface area contributed by atoms with Crippen molar-refractivity contribution in [2.75, 3.05) is 6.61 Å². The minimum atomic E-state index is -0.169. The average Bonchev–Trinajstić information content (AvgIpc) is 2.71. The molecule has 0 aromatic carbocycles. The van der Waals surface area contributed by atoms with Gasteiger partial charge in [-0.05, 0) is 19.8 Å². The van der Waals surface area contributed by atoms with E-state index in [9.17, 15) is 0 Å². The molecular weight excluding hydrogens is 254 g/mol. The predicted octanol–water partition coefficient (Wildman–Crippen LogP) is 1.32. The summed E-state index contributed by atoms with van der Waals surface area (Å²) in [7, 11) is 1.88. The van der Waals surface area contributed by atoms with Gasteiger partial charge in [-0.3, -0.25) is 16.0 Å². The van der Waals surface area contributed by atoms with Gasteiger partial charge in [0.05, 0.1) is 17.3 Å². The van der Waals surface area contributed by atoms with Crippen LogP contribution in [-0.4, -0.2) is 33.2 Å². The lowest BCUT2D eigenvalue weighted by Crippen LogP contribution is -2.56.